The van der Waals surface area contributed by atoms with Crippen molar-refractivity contribution in [3.8, 4) is 5.88 Å². The molecule has 0 aliphatic rings. The lowest BCUT2D eigenvalue weighted by molar-refractivity contribution is -0.154. The largest absolute Gasteiger partial charge is 0.468 e. The molecule has 3 aromatic heterocycles. The second kappa shape index (κ2) is 11.6. The van der Waals surface area contributed by atoms with Gasteiger partial charge < -0.3 is 15.4 Å². The van der Waals surface area contributed by atoms with Crippen LogP contribution in [0.1, 0.15) is 36.6 Å². The zero-order valence-electron chi connectivity index (χ0n) is 19.5. The highest BCUT2D eigenvalue weighted by atomic mass is 19.4. The number of nitrogens with zero attached hydrogens (tertiary/aromatic N) is 4. The minimum Gasteiger partial charge on any atom is -0.468 e. The third-order valence-electron chi connectivity index (χ3n) is 4.94. The molecule has 2 N–H and O–H groups in total. The van der Waals surface area contributed by atoms with Gasteiger partial charge in [-0.2, -0.15) is 18.3 Å². The number of pyridine rings is 2. The fraction of sp³-hybridized carbons (Fsp3) is 0.435. The van der Waals surface area contributed by atoms with Gasteiger partial charge >= 0.3 is 6.18 Å². The molecule has 188 valence electrons. The van der Waals surface area contributed by atoms with Crippen molar-refractivity contribution >= 4 is 22.7 Å². The van der Waals surface area contributed by atoms with Crippen LogP contribution in [0.25, 0.3) is 10.9 Å². The van der Waals surface area contributed by atoms with Gasteiger partial charge in [0.25, 0.3) is 0 Å². The van der Waals surface area contributed by atoms with Crippen molar-refractivity contribution in [3.05, 3.63) is 47.5 Å². The number of hydrogen-bond acceptors (Lipinski definition) is 6. The molecule has 0 bridgehead atoms. The van der Waals surface area contributed by atoms with Crippen LogP contribution in [0.15, 0.2) is 30.7 Å². The van der Waals surface area contributed by atoms with Gasteiger partial charge in [-0.05, 0) is 31.0 Å². The Bertz CT molecular complexity index is 1180. The topological polar surface area (TPSA) is 111 Å². The smallest absolute Gasteiger partial charge is 0.422 e. The van der Waals surface area contributed by atoms with E-state index in [0.29, 0.717) is 48.2 Å². The maximum atomic E-state index is 12.4. The van der Waals surface area contributed by atoms with Crippen molar-refractivity contribution in [2.24, 2.45) is 0 Å². The third kappa shape index (κ3) is 7.94. The summed E-state index contributed by atoms with van der Waals surface area (Å²) in [5, 5.41) is 10.7. The zero-order chi connectivity index (χ0) is 25.4. The van der Waals surface area contributed by atoms with Gasteiger partial charge in [-0.15, -0.1) is 0 Å². The number of ether oxygens (including phenoxy) is 1. The van der Waals surface area contributed by atoms with E-state index in [1.54, 1.807) is 36.1 Å². The first-order chi connectivity index (χ1) is 16.6. The normalized spacial score (nSPS) is 11.5. The highest BCUT2D eigenvalue weighted by Gasteiger charge is 2.29. The SMILES string of the molecule is CCCC(=O)NCCNC(=O)Cc1nccc2nn(Cc3cnc(OCC(F)(F)F)c(C)c3)cc12. The van der Waals surface area contributed by atoms with Gasteiger partial charge in [0.1, 0.15) is 0 Å². The van der Waals surface area contributed by atoms with E-state index in [2.05, 4.69) is 25.7 Å². The number of aryl methyl sites for hydroxylation is 1. The summed E-state index contributed by atoms with van der Waals surface area (Å²) in [5.41, 5.74) is 2.43. The van der Waals surface area contributed by atoms with Crippen molar-refractivity contribution in [1.82, 2.24) is 30.4 Å². The monoisotopic (exact) mass is 492 g/mol. The zero-order valence-corrected chi connectivity index (χ0v) is 19.5. The number of rotatable bonds is 11. The van der Waals surface area contributed by atoms with E-state index in [1.165, 1.54) is 6.20 Å². The molecule has 35 heavy (non-hydrogen) atoms. The summed E-state index contributed by atoms with van der Waals surface area (Å²) >= 11 is 0. The molecule has 0 aromatic carbocycles. The highest BCUT2D eigenvalue weighted by Crippen LogP contribution is 2.21. The average Bonchev–Trinajstić information content (AvgIpc) is 3.19. The van der Waals surface area contributed by atoms with E-state index in [0.717, 1.165) is 12.0 Å². The van der Waals surface area contributed by atoms with Crippen LogP contribution in [-0.4, -0.2) is 57.4 Å². The number of carbonyl (C=O) groups is 2. The molecule has 0 spiro atoms. The van der Waals surface area contributed by atoms with Gasteiger partial charge in [-0.3, -0.25) is 19.3 Å². The van der Waals surface area contributed by atoms with Gasteiger partial charge in [0.05, 0.1) is 24.2 Å². The molecule has 0 aliphatic heterocycles. The fourth-order valence-electron chi connectivity index (χ4n) is 3.40. The van der Waals surface area contributed by atoms with E-state index in [9.17, 15) is 22.8 Å². The van der Waals surface area contributed by atoms with E-state index in [1.807, 2.05) is 6.92 Å². The van der Waals surface area contributed by atoms with Gasteiger partial charge in [0.2, 0.25) is 17.7 Å². The predicted octanol–water partition coefficient (Wildman–Crippen LogP) is 2.70. The molecule has 2 amide bonds. The van der Waals surface area contributed by atoms with Gasteiger partial charge in [-0.1, -0.05) is 6.92 Å². The number of aromatic nitrogens is 4. The Kier molecular flexibility index (Phi) is 8.61. The second-order valence-corrected chi connectivity index (χ2v) is 8.01. The molecule has 0 saturated carbocycles. The molecule has 3 aromatic rings. The molecular formula is C23H27F3N6O3. The number of carbonyl (C=O) groups excluding carboxylic acids is 2. The van der Waals surface area contributed by atoms with Crippen LogP contribution < -0.4 is 15.4 Å². The first kappa shape index (κ1) is 25.9. The molecule has 0 aliphatic carbocycles. The lowest BCUT2D eigenvalue weighted by atomic mass is 10.2. The molecule has 0 unspecified atom stereocenters. The molecule has 0 radical (unpaired) electrons. The number of amides is 2. The number of fused-ring (bicyclic) bond motifs is 1. The minimum absolute atomic E-state index is 0.0468. The summed E-state index contributed by atoms with van der Waals surface area (Å²) < 4.78 is 43.5. The fourth-order valence-corrected chi connectivity index (χ4v) is 3.40. The van der Waals surface area contributed by atoms with Crippen LogP contribution >= 0.6 is 0 Å². The molecular weight excluding hydrogens is 465 g/mol. The average molecular weight is 493 g/mol. The maximum Gasteiger partial charge on any atom is 0.422 e. The van der Waals surface area contributed by atoms with Crippen molar-refractivity contribution < 1.29 is 27.5 Å². The molecule has 0 saturated heterocycles. The first-order valence-corrected chi connectivity index (χ1v) is 11.1. The Morgan fingerprint density at radius 2 is 1.89 bits per heavy atom. The van der Waals surface area contributed by atoms with Crippen LogP contribution in [0.3, 0.4) is 0 Å². The van der Waals surface area contributed by atoms with E-state index in [4.69, 9.17) is 4.74 Å². The van der Waals surface area contributed by atoms with E-state index in [-0.39, 0.29) is 24.1 Å². The van der Waals surface area contributed by atoms with Crippen LogP contribution in [-0.2, 0) is 22.6 Å². The summed E-state index contributed by atoms with van der Waals surface area (Å²) in [5.74, 6) is -0.342. The minimum atomic E-state index is -4.44. The standard InChI is InChI=1S/C23H27F3N6O3/c1-3-4-20(33)28-7-8-29-21(34)10-19-17-13-32(31-18(17)5-6-27-19)12-16-9-15(2)22(30-11-16)35-14-23(24,25)26/h5-6,9,11,13H,3-4,7-8,10,12,14H2,1-2H3,(H,28,33)(H,29,34). The van der Waals surface area contributed by atoms with Crippen LogP contribution in [0, 0.1) is 6.92 Å². The van der Waals surface area contributed by atoms with Crippen LogP contribution in [0.2, 0.25) is 0 Å². The van der Waals surface area contributed by atoms with Crippen molar-refractivity contribution in [2.45, 2.75) is 45.8 Å². The number of alkyl halides is 3. The Morgan fingerprint density at radius 1 is 1.14 bits per heavy atom. The van der Waals surface area contributed by atoms with Gasteiger partial charge in [0.15, 0.2) is 6.61 Å². The third-order valence-corrected chi connectivity index (χ3v) is 4.94. The van der Waals surface area contributed by atoms with Gasteiger partial charge in [-0.25, -0.2) is 4.98 Å². The first-order valence-electron chi connectivity index (χ1n) is 11.1. The maximum absolute atomic E-state index is 12.4. The van der Waals surface area contributed by atoms with Crippen LogP contribution in [0.4, 0.5) is 13.2 Å². The summed E-state index contributed by atoms with van der Waals surface area (Å²) in [6.07, 6.45) is 1.61. The van der Waals surface area contributed by atoms with Crippen LogP contribution in [0.5, 0.6) is 5.88 Å². The lowest BCUT2D eigenvalue weighted by Crippen LogP contribution is -2.35. The number of halogens is 3. The Morgan fingerprint density at radius 3 is 2.57 bits per heavy atom. The molecule has 3 rings (SSSR count). The number of hydrogen-bond donors (Lipinski definition) is 2. The summed E-state index contributed by atoms with van der Waals surface area (Å²) in [7, 11) is 0. The van der Waals surface area contributed by atoms with Crippen molar-refractivity contribution in [1.29, 1.82) is 0 Å². The molecule has 0 atom stereocenters. The van der Waals surface area contributed by atoms with E-state index >= 15 is 0 Å². The highest BCUT2D eigenvalue weighted by molar-refractivity contribution is 5.86. The second-order valence-electron chi connectivity index (χ2n) is 8.01. The predicted molar refractivity (Wildman–Crippen MR) is 122 cm³/mol. The van der Waals surface area contributed by atoms with Crippen molar-refractivity contribution in [2.75, 3.05) is 19.7 Å². The number of nitrogens with one attached hydrogen (secondary N) is 2. The van der Waals surface area contributed by atoms with E-state index < -0.39 is 12.8 Å². The Hall–Kier alpha value is -3.70. The lowest BCUT2D eigenvalue weighted by Gasteiger charge is -2.11. The Balaban J connectivity index is 1.61. The summed E-state index contributed by atoms with van der Waals surface area (Å²) in [6.45, 7) is 3.14. The molecule has 3 heterocycles. The van der Waals surface area contributed by atoms with Gasteiger partial charge in [0, 0.05) is 49.1 Å². The molecule has 9 nitrogen and oxygen atoms in total. The molecule has 12 heteroatoms. The Labute approximate surface area is 200 Å². The van der Waals surface area contributed by atoms with Crippen molar-refractivity contribution in [3.63, 3.8) is 0 Å². The summed E-state index contributed by atoms with van der Waals surface area (Å²) in [4.78, 5) is 32.1. The quantitative estimate of drug-likeness (QED) is 0.398. The summed E-state index contributed by atoms with van der Waals surface area (Å²) in [6, 6.07) is 3.42. The molecule has 0 fully saturated rings.